The Morgan fingerprint density at radius 1 is 0.315 bits per heavy atom. The number of nitrogens with zero attached hydrogens (tertiary/aromatic N) is 6. The van der Waals surface area contributed by atoms with Gasteiger partial charge in [0.1, 0.15) is 22.1 Å². The van der Waals surface area contributed by atoms with Gasteiger partial charge >= 0.3 is 0 Å². The second-order valence-electron chi connectivity index (χ2n) is 13.7. The Morgan fingerprint density at radius 2 is 0.630 bits per heavy atom. The first-order chi connectivity index (χ1) is 26.8. The second kappa shape index (κ2) is 11.4. The fraction of sp³-hybridized carbons (Fsp3) is 0. The van der Waals surface area contributed by atoms with Crippen LogP contribution >= 0.6 is 23.5 Å². The Hall–Kier alpha value is -6.74. The van der Waals surface area contributed by atoms with E-state index in [2.05, 4.69) is 167 Å². The summed E-state index contributed by atoms with van der Waals surface area (Å²) in [5.74, 6) is 0. The first-order valence-electron chi connectivity index (χ1n) is 17.8. The molecule has 0 atom stereocenters. The van der Waals surface area contributed by atoms with Crippen LogP contribution in [0.3, 0.4) is 0 Å². The van der Waals surface area contributed by atoms with Crippen LogP contribution in [0, 0.1) is 0 Å². The van der Waals surface area contributed by atoms with Gasteiger partial charge in [0.15, 0.2) is 0 Å². The van der Waals surface area contributed by atoms with Crippen molar-refractivity contribution in [3.05, 3.63) is 158 Å². The smallest absolute Gasteiger partial charge is 0.113 e. The molecule has 4 heterocycles. The van der Waals surface area contributed by atoms with Crippen LogP contribution in [0.4, 0.5) is 0 Å². The van der Waals surface area contributed by atoms with Gasteiger partial charge in [0, 0.05) is 54.8 Å². The Balaban J connectivity index is 0.983. The molecule has 54 heavy (non-hydrogen) atoms. The molecule has 0 spiro atoms. The number of aromatic nitrogens is 6. The Kier molecular flexibility index (Phi) is 6.28. The lowest BCUT2D eigenvalue weighted by Gasteiger charge is -2.12. The maximum absolute atomic E-state index is 4.87. The first-order valence-corrected chi connectivity index (χ1v) is 19.3. The van der Waals surface area contributed by atoms with E-state index in [4.69, 9.17) is 17.5 Å². The van der Waals surface area contributed by atoms with Crippen molar-refractivity contribution >= 4 is 99.9 Å². The van der Waals surface area contributed by atoms with Crippen molar-refractivity contribution in [3.63, 3.8) is 0 Å². The van der Waals surface area contributed by atoms with Gasteiger partial charge in [-0.2, -0.15) is 17.5 Å². The van der Waals surface area contributed by atoms with E-state index >= 15 is 0 Å². The summed E-state index contributed by atoms with van der Waals surface area (Å²) in [7, 11) is 0. The molecule has 0 aliphatic carbocycles. The summed E-state index contributed by atoms with van der Waals surface area (Å²) < 4.78 is 24.1. The zero-order valence-electron chi connectivity index (χ0n) is 28.5. The summed E-state index contributed by atoms with van der Waals surface area (Å²) in [6, 6.07) is 56.5. The lowest BCUT2D eigenvalue weighted by atomic mass is 9.94. The zero-order chi connectivity index (χ0) is 35.3. The number of hydrogen-bond donors (Lipinski definition) is 0. The van der Waals surface area contributed by atoms with Crippen molar-refractivity contribution in [2.45, 2.75) is 0 Å². The van der Waals surface area contributed by atoms with Crippen molar-refractivity contribution in [1.29, 1.82) is 0 Å². The number of para-hydroxylation sites is 4. The van der Waals surface area contributed by atoms with Gasteiger partial charge in [-0.1, -0.05) is 97.1 Å². The van der Waals surface area contributed by atoms with Crippen LogP contribution in [0.2, 0.25) is 0 Å². The summed E-state index contributed by atoms with van der Waals surface area (Å²) in [6.07, 6.45) is 0. The maximum Gasteiger partial charge on any atom is 0.113 e. The highest BCUT2D eigenvalue weighted by atomic mass is 32.1. The molecule has 4 aromatic heterocycles. The normalized spacial score (nSPS) is 12.1. The molecule has 0 amide bonds. The third kappa shape index (κ3) is 4.20. The van der Waals surface area contributed by atoms with Gasteiger partial charge in [-0.05, 0) is 71.8 Å². The van der Waals surface area contributed by atoms with E-state index in [0.29, 0.717) is 0 Å². The van der Waals surface area contributed by atoms with Crippen molar-refractivity contribution < 1.29 is 0 Å². The van der Waals surface area contributed by atoms with Crippen LogP contribution in [0.1, 0.15) is 0 Å². The molecule has 0 radical (unpaired) electrons. The van der Waals surface area contributed by atoms with Gasteiger partial charge in [-0.3, -0.25) is 0 Å². The van der Waals surface area contributed by atoms with E-state index in [9.17, 15) is 0 Å². The summed E-state index contributed by atoms with van der Waals surface area (Å²) in [5.41, 5.74) is 14.8. The molecule has 0 saturated heterocycles. The maximum atomic E-state index is 4.87. The molecule has 0 aliphatic rings. The minimum absolute atomic E-state index is 0.886. The van der Waals surface area contributed by atoms with Crippen LogP contribution in [-0.4, -0.2) is 26.6 Å². The monoisotopic (exact) mass is 726 g/mol. The Labute approximate surface area is 316 Å². The van der Waals surface area contributed by atoms with Crippen LogP contribution in [0.25, 0.3) is 110 Å². The number of benzene rings is 8. The molecule has 6 nitrogen and oxygen atoms in total. The van der Waals surface area contributed by atoms with Crippen LogP contribution in [0.15, 0.2) is 158 Å². The minimum atomic E-state index is 0.886. The van der Waals surface area contributed by atoms with Crippen LogP contribution in [-0.2, 0) is 0 Å². The predicted molar refractivity (Wildman–Crippen MR) is 225 cm³/mol. The highest BCUT2D eigenvalue weighted by molar-refractivity contribution is 7.00. The summed E-state index contributed by atoms with van der Waals surface area (Å²) in [6.45, 7) is 0. The SMILES string of the molecule is c1ccc2c(c1)c1ccccc1n2-c1ccc(-c2cc3c(cc(-c4ccc(-n5c6ccccc6c6ccccc65)cc4)c4nsnc43)c3nsnc23)cc1. The van der Waals surface area contributed by atoms with Crippen molar-refractivity contribution in [3.8, 4) is 33.6 Å². The first kappa shape index (κ1) is 29.8. The van der Waals surface area contributed by atoms with E-state index in [1.54, 1.807) is 0 Å². The van der Waals surface area contributed by atoms with Gasteiger partial charge < -0.3 is 9.13 Å². The molecule has 12 aromatic rings. The highest BCUT2D eigenvalue weighted by Gasteiger charge is 2.20. The molecule has 0 N–H and O–H groups in total. The fourth-order valence-electron chi connectivity index (χ4n) is 8.48. The standard InChI is InChI=1S/C46H26N6S2/c1-5-13-39-31(9-1)32-10-2-6-14-40(32)51(39)29-21-17-27(18-22-29)35-25-37-38(45-43(35)47-53-49-45)26-36(44-46(37)50-54-48-44)28-19-23-30(24-20-28)52-41-15-7-3-11-33(41)34-12-4-8-16-42(34)52/h1-26H. The lowest BCUT2D eigenvalue weighted by molar-refractivity contribution is 1.18. The molecule has 8 heteroatoms. The quantitative estimate of drug-likeness (QED) is 0.181. The van der Waals surface area contributed by atoms with Gasteiger partial charge in [0.2, 0.25) is 0 Å². The van der Waals surface area contributed by atoms with E-state index in [1.807, 2.05) is 0 Å². The third-order valence-corrected chi connectivity index (χ3v) is 12.0. The summed E-state index contributed by atoms with van der Waals surface area (Å²) in [5, 5.41) is 7.07. The van der Waals surface area contributed by atoms with Crippen LogP contribution < -0.4 is 0 Å². The van der Waals surface area contributed by atoms with E-state index < -0.39 is 0 Å². The Morgan fingerprint density at radius 3 is 0.981 bits per heavy atom. The lowest BCUT2D eigenvalue weighted by Crippen LogP contribution is -1.94. The predicted octanol–water partition coefficient (Wildman–Crippen LogP) is 12.4. The zero-order valence-corrected chi connectivity index (χ0v) is 30.1. The molecule has 0 fully saturated rings. The largest absolute Gasteiger partial charge is 0.309 e. The van der Waals surface area contributed by atoms with Gasteiger partial charge in [0.05, 0.1) is 45.5 Å². The average Bonchev–Trinajstić information content (AvgIpc) is 4.05. The van der Waals surface area contributed by atoms with Gasteiger partial charge in [0.25, 0.3) is 0 Å². The molecule has 252 valence electrons. The molecular formula is C46H26N6S2. The number of fused-ring (bicyclic) bond motifs is 11. The molecular weight excluding hydrogens is 701 g/mol. The van der Waals surface area contributed by atoms with Gasteiger partial charge in [-0.15, -0.1) is 0 Å². The summed E-state index contributed by atoms with van der Waals surface area (Å²) in [4.78, 5) is 0. The van der Waals surface area contributed by atoms with E-state index in [-0.39, 0.29) is 0 Å². The fourth-order valence-corrected chi connectivity index (χ4v) is 9.63. The molecule has 0 saturated carbocycles. The van der Waals surface area contributed by atoms with Gasteiger partial charge in [-0.25, -0.2) is 0 Å². The highest BCUT2D eigenvalue weighted by Crippen LogP contribution is 2.42. The average molecular weight is 727 g/mol. The Bertz CT molecular complexity index is 3100. The second-order valence-corrected chi connectivity index (χ2v) is 14.8. The minimum Gasteiger partial charge on any atom is -0.309 e. The van der Waals surface area contributed by atoms with Crippen LogP contribution in [0.5, 0.6) is 0 Å². The topological polar surface area (TPSA) is 61.4 Å². The molecule has 12 rings (SSSR count). The molecule has 8 aromatic carbocycles. The molecule has 0 unspecified atom stereocenters. The van der Waals surface area contributed by atoms with Crippen molar-refractivity contribution in [2.75, 3.05) is 0 Å². The molecule has 0 bridgehead atoms. The summed E-state index contributed by atoms with van der Waals surface area (Å²) >= 11 is 2.50. The third-order valence-electron chi connectivity index (χ3n) is 10.9. The van der Waals surface area contributed by atoms with Crippen molar-refractivity contribution in [1.82, 2.24) is 26.6 Å². The number of rotatable bonds is 4. The van der Waals surface area contributed by atoms with E-state index in [0.717, 1.165) is 66.5 Å². The number of hydrogen-bond acceptors (Lipinski definition) is 6. The van der Waals surface area contributed by atoms with E-state index in [1.165, 1.54) is 67.1 Å². The van der Waals surface area contributed by atoms with Crippen molar-refractivity contribution in [2.24, 2.45) is 0 Å². The molecule has 0 aliphatic heterocycles.